The molecule has 6 heteroatoms. The number of quaternary nitrogens is 1. The Balaban J connectivity index is 1.59. The van der Waals surface area contributed by atoms with E-state index >= 15 is 0 Å². The maximum absolute atomic E-state index is 12.4. The van der Waals surface area contributed by atoms with Gasteiger partial charge in [-0.1, -0.05) is 0 Å². The van der Waals surface area contributed by atoms with Crippen molar-refractivity contribution in [3.8, 4) is 17.2 Å². The number of hydrogen-bond donors (Lipinski definition) is 2. The summed E-state index contributed by atoms with van der Waals surface area (Å²) in [5.74, 6) is 2.31. The molecule has 1 unspecified atom stereocenters. The van der Waals surface area contributed by atoms with E-state index in [0.29, 0.717) is 13.2 Å². The molecule has 1 atom stereocenters. The Kier molecular flexibility index (Phi) is 6.19. The largest absolute Gasteiger partial charge is 0.494 e. The number of nitrogens with one attached hydrogen (secondary N) is 2. The standard InChI is InChI=1S/C21H26N2O4/c1-4-27-18-7-5-17(6-8-18)22-21(24)14-23-10-9-15-11-19(25-2)20(26-3)12-16(15)13-23/h5-8,11-12H,4,9-10,13-14H2,1-3H3,(H,22,24)/p+1. The molecule has 0 radical (unpaired) electrons. The molecular weight excluding hydrogens is 344 g/mol. The van der Waals surface area contributed by atoms with Gasteiger partial charge >= 0.3 is 0 Å². The lowest BCUT2D eigenvalue weighted by molar-refractivity contribution is -0.907. The van der Waals surface area contributed by atoms with Crippen LogP contribution in [0.5, 0.6) is 17.2 Å². The molecule has 1 heterocycles. The number of anilines is 1. The van der Waals surface area contributed by atoms with Crippen LogP contribution >= 0.6 is 0 Å². The van der Waals surface area contributed by atoms with Crippen LogP contribution in [0, 0.1) is 0 Å². The van der Waals surface area contributed by atoms with E-state index in [9.17, 15) is 4.79 Å². The lowest BCUT2D eigenvalue weighted by Gasteiger charge is -2.26. The molecule has 2 aromatic rings. The molecule has 3 rings (SSSR count). The normalized spacial score (nSPS) is 15.6. The smallest absolute Gasteiger partial charge is 0.279 e. The number of hydrogen-bond acceptors (Lipinski definition) is 4. The average Bonchev–Trinajstić information content (AvgIpc) is 2.68. The summed E-state index contributed by atoms with van der Waals surface area (Å²) in [6.07, 6.45) is 0.918. The number of ether oxygens (including phenoxy) is 3. The molecule has 0 saturated heterocycles. The summed E-state index contributed by atoms with van der Waals surface area (Å²) in [6, 6.07) is 11.5. The van der Waals surface area contributed by atoms with E-state index in [4.69, 9.17) is 14.2 Å². The second kappa shape index (κ2) is 8.77. The number of amides is 1. The maximum atomic E-state index is 12.4. The van der Waals surface area contributed by atoms with Crippen molar-refractivity contribution in [3.63, 3.8) is 0 Å². The number of rotatable bonds is 7. The minimum absolute atomic E-state index is 0.0121. The Labute approximate surface area is 160 Å². The third-order valence-corrected chi connectivity index (χ3v) is 4.75. The predicted molar refractivity (Wildman–Crippen MR) is 104 cm³/mol. The van der Waals surface area contributed by atoms with E-state index in [2.05, 4.69) is 5.32 Å². The zero-order chi connectivity index (χ0) is 19.2. The molecule has 1 aliphatic heterocycles. The van der Waals surface area contributed by atoms with Crippen molar-refractivity contribution in [1.82, 2.24) is 0 Å². The highest BCUT2D eigenvalue weighted by Crippen LogP contribution is 2.31. The van der Waals surface area contributed by atoms with E-state index in [1.165, 1.54) is 16.0 Å². The molecule has 0 aliphatic carbocycles. The predicted octanol–water partition coefficient (Wildman–Crippen LogP) is 1.68. The number of carbonyl (C=O) groups is 1. The monoisotopic (exact) mass is 371 g/mol. The molecule has 1 amide bonds. The highest BCUT2D eigenvalue weighted by atomic mass is 16.5. The number of methoxy groups -OCH3 is 2. The van der Waals surface area contributed by atoms with Gasteiger partial charge < -0.3 is 24.4 Å². The van der Waals surface area contributed by atoms with Gasteiger partial charge in [-0.2, -0.15) is 0 Å². The summed E-state index contributed by atoms with van der Waals surface area (Å²) in [6.45, 7) is 4.72. The van der Waals surface area contributed by atoms with Crippen LogP contribution in [-0.4, -0.2) is 39.8 Å². The topological polar surface area (TPSA) is 61.2 Å². The Morgan fingerprint density at radius 2 is 1.74 bits per heavy atom. The van der Waals surface area contributed by atoms with Crippen molar-refractivity contribution in [1.29, 1.82) is 0 Å². The van der Waals surface area contributed by atoms with Crippen LogP contribution in [0.3, 0.4) is 0 Å². The Morgan fingerprint density at radius 3 is 2.37 bits per heavy atom. The van der Waals surface area contributed by atoms with Crippen LogP contribution in [0.4, 0.5) is 5.69 Å². The van der Waals surface area contributed by atoms with Gasteiger partial charge in [0, 0.05) is 17.7 Å². The molecule has 0 bridgehead atoms. The lowest BCUT2D eigenvalue weighted by Crippen LogP contribution is -3.12. The minimum Gasteiger partial charge on any atom is -0.494 e. The molecule has 6 nitrogen and oxygen atoms in total. The SMILES string of the molecule is CCOc1ccc(NC(=O)C[NH+]2CCc3cc(OC)c(OC)cc3C2)cc1. The first kappa shape index (κ1) is 19.0. The van der Waals surface area contributed by atoms with Gasteiger partial charge in [-0.05, 0) is 48.9 Å². The van der Waals surface area contributed by atoms with E-state index in [-0.39, 0.29) is 5.91 Å². The molecule has 144 valence electrons. The first-order valence-corrected chi connectivity index (χ1v) is 9.23. The molecule has 0 saturated carbocycles. The van der Waals surface area contributed by atoms with Crippen molar-refractivity contribution in [2.45, 2.75) is 19.9 Å². The highest BCUT2D eigenvalue weighted by molar-refractivity contribution is 5.91. The molecule has 2 N–H and O–H groups in total. The van der Waals surface area contributed by atoms with Gasteiger partial charge in [0.25, 0.3) is 5.91 Å². The lowest BCUT2D eigenvalue weighted by atomic mass is 9.99. The summed E-state index contributed by atoms with van der Waals surface area (Å²) in [4.78, 5) is 13.7. The van der Waals surface area contributed by atoms with Crippen molar-refractivity contribution in [2.24, 2.45) is 0 Å². The van der Waals surface area contributed by atoms with Gasteiger partial charge in [0.1, 0.15) is 12.3 Å². The average molecular weight is 371 g/mol. The Hall–Kier alpha value is -2.73. The molecule has 0 aromatic heterocycles. The number of benzene rings is 2. The van der Waals surface area contributed by atoms with Crippen LogP contribution in [0.25, 0.3) is 0 Å². The first-order valence-electron chi connectivity index (χ1n) is 9.23. The number of fused-ring (bicyclic) bond motifs is 1. The molecule has 2 aromatic carbocycles. The summed E-state index contributed by atoms with van der Waals surface area (Å²) in [5.41, 5.74) is 3.26. The van der Waals surface area contributed by atoms with Crippen molar-refractivity contribution < 1.29 is 23.9 Å². The fraction of sp³-hybridized carbons (Fsp3) is 0.381. The Morgan fingerprint density at radius 1 is 1.07 bits per heavy atom. The fourth-order valence-corrected chi connectivity index (χ4v) is 3.41. The van der Waals surface area contributed by atoms with Gasteiger partial charge in [-0.25, -0.2) is 0 Å². The third-order valence-electron chi connectivity index (χ3n) is 4.75. The summed E-state index contributed by atoms with van der Waals surface area (Å²) in [5, 5.41) is 2.96. The first-order chi connectivity index (χ1) is 13.1. The minimum atomic E-state index is 0.0121. The zero-order valence-corrected chi connectivity index (χ0v) is 16.1. The van der Waals surface area contributed by atoms with Crippen LogP contribution in [0.2, 0.25) is 0 Å². The quantitative estimate of drug-likeness (QED) is 0.778. The van der Waals surface area contributed by atoms with E-state index in [1.54, 1.807) is 14.2 Å². The van der Waals surface area contributed by atoms with Gasteiger partial charge in [0.05, 0.1) is 27.4 Å². The van der Waals surface area contributed by atoms with Crippen LogP contribution in [0.1, 0.15) is 18.1 Å². The summed E-state index contributed by atoms with van der Waals surface area (Å²) >= 11 is 0. The number of carbonyl (C=O) groups excluding carboxylic acids is 1. The molecule has 0 spiro atoms. The summed E-state index contributed by atoms with van der Waals surface area (Å²) in [7, 11) is 3.29. The van der Waals surface area contributed by atoms with Gasteiger partial charge in [-0.3, -0.25) is 4.79 Å². The maximum Gasteiger partial charge on any atom is 0.279 e. The molecule has 1 aliphatic rings. The zero-order valence-electron chi connectivity index (χ0n) is 16.1. The van der Waals surface area contributed by atoms with E-state index in [0.717, 1.165) is 42.4 Å². The van der Waals surface area contributed by atoms with Gasteiger partial charge in [0.15, 0.2) is 18.0 Å². The fourth-order valence-electron chi connectivity index (χ4n) is 3.41. The molecular formula is C21H27N2O4+. The van der Waals surface area contributed by atoms with Crippen molar-refractivity contribution in [2.75, 3.05) is 39.2 Å². The second-order valence-electron chi connectivity index (χ2n) is 6.59. The van der Waals surface area contributed by atoms with Gasteiger partial charge in [-0.15, -0.1) is 0 Å². The van der Waals surface area contributed by atoms with Crippen LogP contribution in [0.15, 0.2) is 36.4 Å². The van der Waals surface area contributed by atoms with E-state index < -0.39 is 0 Å². The highest BCUT2D eigenvalue weighted by Gasteiger charge is 2.24. The van der Waals surface area contributed by atoms with E-state index in [1.807, 2.05) is 43.3 Å². The van der Waals surface area contributed by atoms with Crippen LogP contribution in [-0.2, 0) is 17.8 Å². The van der Waals surface area contributed by atoms with Gasteiger partial charge in [0.2, 0.25) is 0 Å². The molecule has 0 fully saturated rings. The summed E-state index contributed by atoms with van der Waals surface area (Å²) < 4.78 is 16.2. The van der Waals surface area contributed by atoms with Crippen LogP contribution < -0.4 is 24.4 Å². The second-order valence-corrected chi connectivity index (χ2v) is 6.59. The third kappa shape index (κ3) is 4.71. The van der Waals surface area contributed by atoms with Crippen molar-refractivity contribution >= 4 is 11.6 Å². The van der Waals surface area contributed by atoms with Crippen molar-refractivity contribution in [3.05, 3.63) is 47.5 Å². The Bertz CT molecular complexity index is 790. The molecule has 27 heavy (non-hydrogen) atoms.